The van der Waals surface area contributed by atoms with Crippen LogP contribution in [0.3, 0.4) is 0 Å². The summed E-state index contributed by atoms with van der Waals surface area (Å²) >= 11 is 5.78. The molecule has 1 N–H and O–H groups in total. The molecule has 1 amide bonds. The average molecular weight is 305 g/mol. The highest BCUT2D eigenvalue weighted by Crippen LogP contribution is 2.22. The van der Waals surface area contributed by atoms with Crippen molar-refractivity contribution in [2.45, 2.75) is 19.9 Å². The Hall–Kier alpha value is -1.27. The number of nitrogens with zero attached hydrogens (tertiary/aromatic N) is 1. The Labute approximate surface area is 118 Å². The summed E-state index contributed by atoms with van der Waals surface area (Å²) in [6.07, 6.45) is 1.07. The van der Waals surface area contributed by atoms with Crippen molar-refractivity contribution in [2.24, 2.45) is 0 Å². The summed E-state index contributed by atoms with van der Waals surface area (Å²) in [5.74, 6) is -0.345. The van der Waals surface area contributed by atoms with E-state index in [1.54, 1.807) is 38.1 Å². The first-order valence-corrected chi connectivity index (χ1v) is 8.02. The van der Waals surface area contributed by atoms with Crippen LogP contribution in [0.15, 0.2) is 24.3 Å². The van der Waals surface area contributed by atoms with Gasteiger partial charge in [-0.3, -0.25) is 9.10 Å². The van der Waals surface area contributed by atoms with Gasteiger partial charge in [-0.25, -0.2) is 8.42 Å². The zero-order valence-electron chi connectivity index (χ0n) is 11.1. The van der Waals surface area contributed by atoms with Gasteiger partial charge in [-0.2, -0.15) is 0 Å². The normalized spacial score (nSPS) is 12.8. The Balaban J connectivity index is 3.16. The fourth-order valence-corrected chi connectivity index (χ4v) is 3.02. The van der Waals surface area contributed by atoms with Crippen LogP contribution in [0.2, 0.25) is 5.02 Å². The maximum atomic E-state index is 11.9. The molecule has 0 aliphatic heterocycles. The molecule has 1 aromatic rings. The third kappa shape index (κ3) is 4.11. The number of likely N-dealkylation sites (N-methyl/N-ethyl adjacent to an activating group) is 1. The standard InChI is InChI=1S/C12H17ClN2O3S/c1-4-14-12(16)9(2)15(19(3,17)18)11-7-5-10(13)6-8-11/h5-9H,4H2,1-3H3,(H,14,16)/t9-/m1/s1. The van der Waals surface area contributed by atoms with Crippen molar-refractivity contribution in [3.8, 4) is 0 Å². The SMILES string of the molecule is CCNC(=O)[C@@H](C)N(c1ccc(Cl)cc1)S(C)(=O)=O. The molecule has 0 fully saturated rings. The van der Waals surface area contributed by atoms with Gasteiger partial charge in [0.1, 0.15) is 6.04 Å². The van der Waals surface area contributed by atoms with Crippen LogP contribution in [0.4, 0.5) is 5.69 Å². The third-order valence-corrected chi connectivity index (χ3v) is 4.01. The number of carbonyl (C=O) groups is 1. The number of sulfonamides is 1. The zero-order chi connectivity index (χ0) is 14.6. The number of benzene rings is 1. The molecule has 1 rings (SSSR count). The maximum Gasteiger partial charge on any atom is 0.243 e. The van der Waals surface area contributed by atoms with Gasteiger partial charge in [0, 0.05) is 11.6 Å². The predicted molar refractivity (Wildman–Crippen MR) is 76.9 cm³/mol. The van der Waals surface area contributed by atoms with E-state index < -0.39 is 16.1 Å². The molecule has 0 aliphatic carbocycles. The summed E-state index contributed by atoms with van der Waals surface area (Å²) in [6, 6.07) is 5.48. The minimum atomic E-state index is -3.56. The molecular weight excluding hydrogens is 288 g/mol. The van der Waals surface area contributed by atoms with Crippen LogP contribution in [0.25, 0.3) is 0 Å². The molecule has 1 aromatic carbocycles. The van der Waals surface area contributed by atoms with Crippen LogP contribution in [-0.4, -0.2) is 33.2 Å². The summed E-state index contributed by atoms with van der Waals surface area (Å²) in [5, 5.41) is 3.11. The molecule has 0 unspecified atom stereocenters. The van der Waals surface area contributed by atoms with E-state index in [0.717, 1.165) is 10.6 Å². The number of hydrogen-bond acceptors (Lipinski definition) is 3. The molecule has 7 heteroatoms. The van der Waals surface area contributed by atoms with Crippen molar-refractivity contribution < 1.29 is 13.2 Å². The Bertz CT molecular complexity index is 543. The number of anilines is 1. The van der Waals surface area contributed by atoms with Gasteiger partial charge < -0.3 is 5.32 Å². The van der Waals surface area contributed by atoms with Gasteiger partial charge in [-0.15, -0.1) is 0 Å². The number of halogens is 1. The van der Waals surface area contributed by atoms with Crippen molar-refractivity contribution >= 4 is 33.2 Å². The summed E-state index contributed by atoms with van der Waals surface area (Å²) in [4.78, 5) is 11.8. The second kappa shape index (κ2) is 6.25. The lowest BCUT2D eigenvalue weighted by atomic mass is 10.2. The smallest absolute Gasteiger partial charge is 0.243 e. The van der Waals surface area contributed by atoms with Gasteiger partial charge in [0.2, 0.25) is 15.9 Å². The molecular formula is C12H17ClN2O3S. The molecule has 0 radical (unpaired) electrons. The van der Waals surface area contributed by atoms with Gasteiger partial charge in [0.05, 0.1) is 11.9 Å². The summed E-state index contributed by atoms with van der Waals surface area (Å²) in [6.45, 7) is 3.76. The maximum absolute atomic E-state index is 11.9. The lowest BCUT2D eigenvalue weighted by molar-refractivity contribution is -0.121. The second-order valence-electron chi connectivity index (χ2n) is 4.11. The van der Waals surface area contributed by atoms with Crippen LogP contribution in [0.1, 0.15) is 13.8 Å². The molecule has 0 aliphatic rings. The highest BCUT2D eigenvalue weighted by Gasteiger charge is 2.28. The van der Waals surface area contributed by atoms with E-state index in [9.17, 15) is 13.2 Å². The predicted octanol–water partition coefficient (Wildman–Crippen LogP) is 1.63. The third-order valence-electron chi connectivity index (χ3n) is 2.52. The molecule has 0 heterocycles. The first-order chi connectivity index (χ1) is 8.77. The number of rotatable bonds is 5. The van der Waals surface area contributed by atoms with Crippen molar-refractivity contribution in [3.05, 3.63) is 29.3 Å². The zero-order valence-corrected chi connectivity index (χ0v) is 12.6. The van der Waals surface area contributed by atoms with E-state index in [-0.39, 0.29) is 5.91 Å². The van der Waals surface area contributed by atoms with E-state index in [1.165, 1.54) is 0 Å². The van der Waals surface area contributed by atoms with Gasteiger partial charge in [0.25, 0.3) is 0 Å². The van der Waals surface area contributed by atoms with Gasteiger partial charge in [-0.1, -0.05) is 11.6 Å². The van der Waals surface area contributed by atoms with Crippen molar-refractivity contribution in [2.75, 3.05) is 17.1 Å². The molecule has 5 nitrogen and oxygen atoms in total. The second-order valence-corrected chi connectivity index (χ2v) is 6.40. The highest BCUT2D eigenvalue weighted by molar-refractivity contribution is 7.92. The lowest BCUT2D eigenvalue weighted by Gasteiger charge is -2.28. The fraction of sp³-hybridized carbons (Fsp3) is 0.417. The number of amides is 1. The first kappa shape index (κ1) is 15.8. The molecule has 0 bridgehead atoms. The van der Waals surface area contributed by atoms with E-state index in [2.05, 4.69) is 5.32 Å². The summed E-state index contributed by atoms with van der Waals surface area (Å²) < 4.78 is 24.8. The minimum absolute atomic E-state index is 0.345. The van der Waals surface area contributed by atoms with Crippen molar-refractivity contribution in [1.29, 1.82) is 0 Å². The van der Waals surface area contributed by atoms with Crippen LogP contribution in [0, 0.1) is 0 Å². The summed E-state index contributed by atoms with van der Waals surface area (Å²) in [5.41, 5.74) is 0.408. The minimum Gasteiger partial charge on any atom is -0.355 e. The topological polar surface area (TPSA) is 66.5 Å². The molecule has 0 aromatic heterocycles. The molecule has 106 valence electrons. The number of hydrogen-bond donors (Lipinski definition) is 1. The number of carbonyl (C=O) groups excluding carboxylic acids is 1. The Morgan fingerprint density at radius 1 is 1.37 bits per heavy atom. The van der Waals surface area contributed by atoms with E-state index >= 15 is 0 Å². The Morgan fingerprint density at radius 2 is 1.89 bits per heavy atom. The molecule has 19 heavy (non-hydrogen) atoms. The van der Waals surface area contributed by atoms with E-state index in [4.69, 9.17) is 11.6 Å². The van der Waals surface area contributed by atoms with Crippen molar-refractivity contribution in [3.63, 3.8) is 0 Å². The molecule has 0 saturated heterocycles. The Kier molecular flexibility index (Phi) is 5.20. The number of nitrogens with one attached hydrogen (secondary N) is 1. The average Bonchev–Trinajstić information content (AvgIpc) is 2.30. The van der Waals surface area contributed by atoms with Crippen LogP contribution >= 0.6 is 11.6 Å². The van der Waals surface area contributed by atoms with Crippen LogP contribution in [-0.2, 0) is 14.8 Å². The highest BCUT2D eigenvalue weighted by atomic mass is 35.5. The lowest BCUT2D eigenvalue weighted by Crippen LogP contribution is -2.47. The van der Waals surface area contributed by atoms with Gasteiger partial charge >= 0.3 is 0 Å². The fourth-order valence-electron chi connectivity index (χ4n) is 1.72. The van der Waals surface area contributed by atoms with Gasteiger partial charge in [0.15, 0.2) is 0 Å². The Morgan fingerprint density at radius 3 is 2.32 bits per heavy atom. The van der Waals surface area contributed by atoms with Crippen LogP contribution < -0.4 is 9.62 Å². The molecule has 0 saturated carbocycles. The quantitative estimate of drug-likeness (QED) is 0.899. The summed E-state index contributed by atoms with van der Waals surface area (Å²) in [7, 11) is -3.56. The largest absolute Gasteiger partial charge is 0.355 e. The first-order valence-electron chi connectivity index (χ1n) is 5.80. The molecule has 1 atom stereocenters. The van der Waals surface area contributed by atoms with Gasteiger partial charge in [-0.05, 0) is 38.1 Å². The molecule has 0 spiro atoms. The van der Waals surface area contributed by atoms with E-state index in [1.807, 2.05) is 0 Å². The monoisotopic (exact) mass is 304 g/mol. The van der Waals surface area contributed by atoms with Crippen LogP contribution in [0.5, 0.6) is 0 Å². The van der Waals surface area contributed by atoms with Crippen molar-refractivity contribution in [1.82, 2.24) is 5.32 Å². The van der Waals surface area contributed by atoms with E-state index in [0.29, 0.717) is 17.3 Å².